The van der Waals surface area contributed by atoms with Crippen LogP contribution in [0, 0.1) is 0 Å². The molecule has 1 aliphatic heterocycles. The van der Waals surface area contributed by atoms with Gasteiger partial charge in [0, 0.05) is 0 Å². The Hall–Kier alpha value is -2.83. The maximum atomic E-state index is 12.4. The monoisotopic (exact) mass is 372 g/mol. The normalized spacial score (nSPS) is 18.4. The van der Waals surface area contributed by atoms with Gasteiger partial charge in [0.15, 0.2) is 0 Å². The highest BCUT2D eigenvalue weighted by Crippen LogP contribution is 2.23. The number of benzene rings is 1. The number of hydrogen-bond acceptors (Lipinski definition) is 5. The molecular formula is C20H24N2O5. The number of carbonyl (C=O) groups excluding carboxylic acids is 3. The molecule has 0 spiro atoms. The van der Waals surface area contributed by atoms with E-state index in [0.717, 1.165) is 19.3 Å². The summed E-state index contributed by atoms with van der Waals surface area (Å²) in [5.74, 6) is -1.01. The molecule has 144 valence electrons. The lowest BCUT2D eigenvalue weighted by Crippen LogP contribution is -2.51. The Bertz CT molecular complexity index is 800. The van der Waals surface area contributed by atoms with Crippen molar-refractivity contribution in [3.05, 3.63) is 46.2 Å². The second-order valence-corrected chi connectivity index (χ2v) is 6.59. The number of ether oxygens (including phenoxy) is 2. The number of amides is 2. The van der Waals surface area contributed by atoms with Gasteiger partial charge in [-0.05, 0) is 55.9 Å². The quantitative estimate of drug-likeness (QED) is 0.747. The molecule has 7 heteroatoms. The van der Waals surface area contributed by atoms with Crippen molar-refractivity contribution in [2.45, 2.75) is 45.6 Å². The summed E-state index contributed by atoms with van der Waals surface area (Å²) in [6.07, 6.45) is 3.62. The Morgan fingerprint density at radius 3 is 2.63 bits per heavy atom. The van der Waals surface area contributed by atoms with Gasteiger partial charge >= 0.3 is 18.0 Å². The van der Waals surface area contributed by atoms with E-state index in [9.17, 15) is 14.4 Å². The minimum atomic E-state index is -0.527. The Labute approximate surface area is 158 Å². The first-order valence-corrected chi connectivity index (χ1v) is 9.30. The fourth-order valence-corrected chi connectivity index (χ4v) is 3.50. The first-order chi connectivity index (χ1) is 13.0. The zero-order valence-corrected chi connectivity index (χ0v) is 15.6. The zero-order valence-electron chi connectivity index (χ0n) is 15.6. The lowest BCUT2D eigenvalue weighted by molar-refractivity contribution is -0.139. The van der Waals surface area contributed by atoms with Gasteiger partial charge in [-0.15, -0.1) is 0 Å². The summed E-state index contributed by atoms with van der Waals surface area (Å²) in [4.78, 5) is 36.6. The third kappa shape index (κ3) is 4.13. The van der Waals surface area contributed by atoms with Crippen LogP contribution in [0.2, 0.25) is 0 Å². The second-order valence-electron chi connectivity index (χ2n) is 6.59. The fraction of sp³-hybridized carbons (Fsp3) is 0.450. The van der Waals surface area contributed by atoms with E-state index in [1.54, 1.807) is 13.0 Å². The molecule has 2 N–H and O–H groups in total. The van der Waals surface area contributed by atoms with Crippen LogP contribution < -0.4 is 10.6 Å². The Morgan fingerprint density at radius 1 is 1.11 bits per heavy atom. The predicted octanol–water partition coefficient (Wildman–Crippen LogP) is 2.24. The molecule has 3 rings (SSSR count). The number of hydrogen-bond donors (Lipinski definition) is 2. The van der Waals surface area contributed by atoms with E-state index >= 15 is 0 Å². The molecule has 1 aromatic carbocycles. The van der Waals surface area contributed by atoms with Crippen molar-refractivity contribution in [3.63, 3.8) is 0 Å². The van der Waals surface area contributed by atoms with E-state index in [1.165, 1.54) is 11.1 Å². The minimum Gasteiger partial charge on any atom is -0.463 e. The summed E-state index contributed by atoms with van der Waals surface area (Å²) in [7, 11) is 0. The third-order valence-electron chi connectivity index (χ3n) is 4.83. The van der Waals surface area contributed by atoms with Gasteiger partial charge in [-0.1, -0.05) is 13.0 Å². The highest BCUT2D eigenvalue weighted by Gasteiger charge is 2.32. The first-order valence-electron chi connectivity index (χ1n) is 9.30. The van der Waals surface area contributed by atoms with Crippen LogP contribution in [0.3, 0.4) is 0 Å². The summed E-state index contributed by atoms with van der Waals surface area (Å²) in [6.45, 7) is 3.58. The van der Waals surface area contributed by atoms with Crippen LogP contribution in [0.4, 0.5) is 4.79 Å². The molecule has 2 aliphatic rings. The Morgan fingerprint density at radius 2 is 1.89 bits per heavy atom. The van der Waals surface area contributed by atoms with Gasteiger partial charge in [-0.2, -0.15) is 0 Å². The number of nitrogens with one attached hydrogen (secondary N) is 2. The fourth-order valence-electron chi connectivity index (χ4n) is 3.50. The van der Waals surface area contributed by atoms with Crippen LogP contribution in [0.1, 0.15) is 48.2 Å². The number of carbonyl (C=O) groups is 3. The Balaban J connectivity index is 1.77. The van der Waals surface area contributed by atoms with Gasteiger partial charge in [0.1, 0.15) is 6.61 Å². The maximum absolute atomic E-state index is 12.4. The van der Waals surface area contributed by atoms with Crippen molar-refractivity contribution >= 4 is 18.0 Å². The Kier molecular flexibility index (Phi) is 5.78. The number of esters is 2. The van der Waals surface area contributed by atoms with Gasteiger partial charge in [0.25, 0.3) is 0 Å². The molecular weight excluding hydrogens is 348 g/mol. The standard InChI is InChI=1S/C20H24N2O5/c1-3-15-17(19(24)26-4-2)16(22-20(25)21-15)11-27-18(23)14-9-8-12-6-5-7-13(12)10-14/h8-10,15H,3-7,11H2,1-2H3,(H2,21,22,25)/t15-/m0/s1. The van der Waals surface area contributed by atoms with Crippen LogP contribution in [0.15, 0.2) is 29.5 Å². The molecule has 0 saturated carbocycles. The molecule has 0 fully saturated rings. The summed E-state index contributed by atoms with van der Waals surface area (Å²) >= 11 is 0. The van der Waals surface area contributed by atoms with Crippen LogP contribution >= 0.6 is 0 Å². The number of fused-ring (bicyclic) bond motifs is 1. The lowest BCUT2D eigenvalue weighted by atomic mass is 10.0. The molecule has 1 aromatic rings. The van der Waals surface area contributed by atoms with Crippen LogP contribution in [-0.4, -0.2) is 37.2 Å². The van der Waals surface area contributed by atoms with Gasteiger partial charge in [0.2, 0.25) is 0 Å². The van der Waals surface area contributed by atoms with E-state index in [2.05, 4.69) is 10.6 Å². The predicted molar refractivity (Wildman–Crippen MR) is 98.2 cm³/mol. The topological polar surface area (TPSA) is 93.7 Å². The average Bonchev–Trinajstić information content (AvgIpc) is 3.13. The van der Waals surface area contributed by atoms with Gasteiger partial charge in [0.05, 0.1) is 29.5 Å². The van der Waals surface area contributed by atoms with E-state index in [-0.39, 0.29) is 18.9 Å². The third-order valence-corrected chi connectivity index (χ3v) is 4.83. The van der Waals surface area contributed by atoms with Gasteiger partial charge in [-0.25, -0.2) is 14.4 Å². The van der Waals surface area contributed by atoms with Crippen molar-refractivity contribution < 1.29 is 23.9 Å². The molecule has 7 nitrogen and oxygen atoms in total. The van der Waals surface area contributed by atoms with Gasteiger partial charge < -0.3 is 20.1 Å². The SMILES string of the molecule is CCOC(=O)C1=C(COC(=O)c2ccc3c(c2)CCC3)NC(=O)N[C@H]1CC. The highest BCUT2D eigenvalue weighted by molar-refractivity contribution is 5.95. The smallest absolute Gasteiger partial charge is 0.338 e. The highest BCUT2D eigenvalue weighted by atomic mass is 16.5. The summed E-state index contributed by atoms with van der Waals surface area (Å²) in [6, 6.07) is 4.66. The van der Waals surface area contributed by atoms with E-state index in [1.807, 2.05) is 19.1 Å². The van der Waals surface area contributed by atoms with Crippen LogP contribution in [0.25, 0.3) is 0 Å². The minimum absolute atomic E-state index is 0.200. The van der Waals surface area contributed by atoms with Gasteiger partial charge in [-0.3, -0.25) is 0 Å². The lowest BCUT2D eigenvalue weighted by Gasteiger charge is -2.28. The molecule has 0 radical (unpaired) electrons. The van der Waals surface area contributed by atoms with Crippen LogP contribution in [0.5, 0.6) is 0 Å². The van der Waals surface area contributed by atoms with Crippen molar-refractivity contribution in [1.29, 1.82) is 0 Å². The number of rotatable bonds is 6. The zero-order chi connectivity index (χ0) is 19.4. The van der Waals surface area contributed by atoms with Crippen molar-refractivity contribution in [2.75, 3.05) is 13.2 Å². The molecule has 0 unspecified atom stereocenters. The summed E-state index contributed by atoms with van der Waals surface area (Å²) in [5.41, 5.74) is 3.48. The van der Waals surface area contributed by atoms with Crippen LogP contribution in [-0.2, 0) is 27.1 Å². The van der Waals surface area contributed by atoms with E-state index < -0.39 is 24.0 Å². The van der Waals surface area contributed by atoms with Crippen molar-refractivity contribution in [2.24, 2.45) is 0 Å². The molecule has 1 aliphatic carbocycles. The molecule has 1 atom stereocenters. The molecule has 27 heavy (non-hydrogen) atoms. The summed E-state index contributed by atoms with van der Waals surface area (Å²) in [5, 5.41) is 5.25. The van der Waals surface area contributed by atoms with Crippen molar-refractivity contribution in [1.82, 2.24) is 10.6 Å². The maximum Gasteiger partial charge on any atom is 0.338 e. The number of aryl methyl sites for hydroxylation is 2. The first kappa shape index (κ1) is 18.9. The average molecular weight is 372 g/mol. The molecule has 1 heterocycles. The molecule has 2 amide bonds. The molecule has 0 bridgehead atoms. The van der Waals surface area contributed by atoms with E-state index in [4.69, 9.17) is 9.47 Å². The van der Waals surface area contributed by atoms with E-state index in [0.29, 0.717) is 17.6 Å². The second kappa shape index (κ2) is 8.24. The summed E-state index contributed by atoms with van der Waals surface area (Å²) < 4.78 is 10.5. The largest absolute Gasteiger partial charge is 0.463 e. The van der Waals surface area contributed by atoms with Crippen molar-refractivity contribution in [3.8, 4) is 0 Å². The number of urea groups is 1. The molecule has 0 aromatic heterocycles. The molecule has 0 saturated heterocycles.